The number of fused-ring (bicyclic) bond motifs is 1. The van der Waals surface area contributed by atoms with Crippen molar-refractivity contribution in [3.05, 3.63) is 6.20 Å². The SMILES string of the molecule is CSc1nc(OC(C)C)c2cn[nH]c2n1. The van der Waals surface area contributed by atoms with Crippen LogP contribution in [0.25, 0.3) is 11.0 Å². The molecule has 0 amide bonds. The molecule has 0 saturated heterocycles. The van der Waals surface area contributed by atoms with Gasteiger partial charge in [0.2, 0.25) is 5.88 Å². The highest BCUT2D eigenvalue weighted by Gasteiger charge is 2.11. The van der Waals surface area contributed by atoms with Crippen LogP contribution in [-0.4, -0.2) is 32.5 Å². The van der Waals surface area contributed by atoms with Gasteiger partial charge in [0.1, 0.15) is 5.39 Å². The average molecular weight is 224 g/mol. The summed E-state index contributed by atoms with van der Waals surface area (Å²) in [5.74, 6) is 0.591. The second-order valence-electron chi connectivity index (χ2n) is 3.31. The minimum absolute atomic E-state index is 0.0905. The fourth-order valence-electron chi connectivity index (χ4n) is 1.19. The lowest BCUT2D eigenvalue weighted by Gasteiger charge is -2.09. The molecule has 0 fully saturated rings. The lowest BCUT2D eigenvalue weighted by atomic mass is 10.4. The van der Waals surface area contributed by atoms with Gasteiger partial charge in [-0.2, -0.15) is 10.1 Å². The molecule has 5 nitrogen and oxygen atoms in total. The molecule has 0 unspecified atom stereocenters. The van der Waals surface area contributed by atoms with Crippen LogP contribution >= 0.6 is 11.8 Å². The molecule has 0 bridgehead atoms. The molecule has 0 spiro atoms. The van der Waals surface area contributed by atoms with E-state index in [1.165, 1.54) is 11.8 Å². The smallest absolute Gasteiger partial charge is 0.229 e. The van der Waals surface area contributed by atoms with Crippen molar-refractivity contribution >= 4 is 22.8 Å². The Bertz CT molecular complexity index is 468. The number of aromatic nitrogens is 4. The van der Waals surface area contributed by atoms with Crippen molar-refractivity contribution in [3.63, 3.8) is 0 Å². The summed E-state index contributed by atoms with van der Waals surface area (Å²) in [6.45, 7) is 3.93. The number of ether oxygens (including phenoxy) is 1. The van der Waals surface area contributed by atoms with Crippen molar-refractivity contribution < 1.29 is 4.74 Å². The van der Waals surface area contributed by atoms with Crippen molar-refractivity contribution in [2.75, 3.05) is 6.26 Å². The van der Waals surface area contributed by atoms with Gasteiger partial charge in [-0.3, -0.25) is 5.10 Å². The third kappa shape index (κ3) is 2.04. The van der Waals surface area contributed by atoms with Gasteiger partial charge in [0.25, 0.3) is 0 Å². The predicted octanol–water partition coefficient (Wildman–Crippen LogP) is 1.86. The molecular formula is C9H12N4OS. The van der Waals surface area contributed by atoms with Crippen molar-refractivity contribution in [2.24, 2.45) is 0 Å². The zero-order chi connectivity index (χ0) is 10.8. The number of nitrogens with one attached hydrogen (secondary N) is 1. The van der Waals surface area contributed by atoms with Gasteiger partial charge >= 0.3 is 0 Å². The van der Waals surface area contributed by atoms with Crippen molar-refractivity contribution in [1.29, 1.82) is 0 Å². The number of hydrogen-bond donors (Lipinski definition) is 1. The molecule has 0 aliphatic heterocycles. The fourth-order valence-corrected chi connectivity index (χ4v) is 1.55. The molecule has 6 heteroatoms. The number of aromatic amines is 1. The van der Waals surface area contributed by atoms with Gasteiger partial charge in [-0.15, -0.1) is 0 Å². The summed E-state index contributed by atoms with van der Waals surface area (Å²) in [6.07, 6.45) is 3.70. The van der Waals surface area contributed by atoms with E-state index in [1.807, 2.05) is 20.1 Å². The largest absolute Gasteiger partial charge is 0.474 e. The van der Waals surface area contributed by atoms with Crippen molar-refractivity contribution in [3.8, 4) is 5.88 Å². The van der Waals surface area contributed by atoms with Crippen molar-refractivity contribution in [1.82, 2.24) is 20.2 Å². The van der Waals surface area contributed by atoms with Crippen LogP contribution in [0.4, 0.5) is 0 Å². The second kappa shape index (κ2) is 4.06. The molecule has 1 N–H and O–H groups in total. The second-order valence-corrected chi connectivity index (χ2v) is 4.09. The fraction of sp³-hybridized carbons (Fsp3) is 0.444. The minimum atomic E-state index is 0.0905. The number of H-pyrrole nitrogens is 1. The van der Waals surface area contributed by atoms with E-state index in [0.717, 1.165) is 5.39 Å². The quantitative estimate of drug-likeness (QED) is 0.637. The summed E-state index contributed by atoms with van der Waals surface area (Å²) in [4.78, 5) is 8.58. The summed E-state index contributed by atoms with van der Waals surface area (Å²) in [5.41, 5.74) is 0.713. The minimum Gasteiger partial charge on any atom is -0.474 e. The van der Waals surface area contributed by atoms with Gasteiger partial charge in [0.15, 0.2) is 10.8 Å². The van der Waals surface area contributed by atoms with Crippen molar-refractivity contribution in [2.45, 2.75) is 25.1 Å². The zero-order valence-corrected chi connectivity index (χ0v) is 9.63. The highest BCUT2D eigenvalue weighted by Crippen LogP contribution is 2.24. The Labute approximate surface area is 91.6 Å². The lowest BCUT2D eigenvalue weighted by Crippen LogP contribution is -2.08. The summed E-state index contributed by atoms with van der Waals surface area (Å²) >= 11 is 1.48. The molecule has 2 heterocycles. The van der Waals surface area contributed by atoms with E-state index in [4.69, 9.17) is 4.74 Å². The normalized spacial score (nSPS) is 11.2. The number of thioether (sulfide) groups is 1. The van der Waals surface area contributed by atoms with E-state index in [0.29, 0.717) is 16.7 Å². The van der Waals surface area contributed by atoms with Crippen LogP contribution in [0.15, 0.2) is 11.4 Å². The summed E-state index contributed by atoms with van der Waals surface area (Å²) in [6, 6.07) is 0. The maximum Gasteiger partial charge on any atom is 0.229 e. The Kier molecular flexibility index (Phi) is 2.77. The molecule has 0 saturated carbocycles. The van der Waals surface area contributed by atoms with Crippen LogP contribution in [0.2, 0.25) is 0 Å². The molecule has 0 atom stereocenters. The number of rotatable bonds is 3. The first-order chi connectivity index (χ1) is 7.20. The standard InChI is InChI=1S/C9H12N4OS/c1-5(2)14-8-6-4-10-13-7(6)11-9(12-8)15-3/h4-5H,1-3H3,(H,10,11,12,13). The van der Waals surface area contributed by atoms with E-state index >= 15 is 0 Å². The Morgan fingerprint density at radius 3 is 2.87 bits per heavy atom. The Hall–Kier alpha value is -1.30. The maximum absolute atomic E-state index is 5.60. The van der Waals surface area contributed by atoms with Gasteiger partial charge in [0, 0.05) is 0 Å². The Balaban J connectivity index is 2.53. The molecule has 2 aromatic rings. The van der Waals surface area contributed by atoms with Crippen LogP contribution < -0.4 is 4.74 Å². The van der Waals surface area contributed by atoms with E-state index in [9.17, 15) is 0 Å². The Morgan fingerprint density at radius 1 is 1.40 bits per heavy atom. The first-order valence-corrected chi connectivity index (χ1v) is 5.85. The highest BCUT2D eigenvalue weighted by atomic mass is 32.2. The van der Waals surface area contributed by atoms with Gasteiger partial charge in [0.05, 0.1) is 12.3 Å². The van der Waals surface area contributed by atoms with Crippen LogP contribution in [0.1, 0.15) is 13.8 Å². The average Bonchev–Trinajstić information content (AvgIpc) is 2.64. The molecule has 0 aromatic carbocycles. The van der Waals surface area contributed by atoms with E-state index in [2.05, 4.69) is 20.2 Å². The van der Waals surface area contributed by atoms with Gasteiger partial charge < -0.3 is 4.74 Å². The van der Waals surface area contributed by atoms with Crippen LogP contribution in [0.3, 0.4) is 0 Å². The van der Waals surface area contributed by atoms with E-state index in [1.54, 1.807) is 6.20 Å². The van der Waals surface area contributed by atoms with E-state index < -0.39 is 0 Å². The molecule has 0 aliphatic carbocycles. The zero-order valence-electron chi connectivity index (χ0n) is 8.81. The summed E-state index contributed by atoms with van der Waals surface area (Å²) in [5, 5.41) is 8.24. The number of hydrogen-bond acceptors (Lipinski definition) is 5. The highest BCUT2D eigenvalue weighted by molar-refractivity contribution is 7.98. The maximum atomic E-state index is 5.60. The molecule has 2 rings (SSSR count). The molecular weight excluding hydrogens is 212 g/mol. The van der Waals surface area contributed by atoms with Crippen LogP contribution in [0, 0.1) is 0 Å². The molecule has 15 heavy (non-hydrogen) atoms. The first-order valence-electron chi connectivity index (χ1n) is 4.62. The number of nitrogens with zero attached hydrogens (tertiary/aromatic N) is 3. The third-order valence-electron chi connectivity index (χ3n) is 1.78. The van der Waals surface area contributed by atoms with Gasteiger partial charge in [-0.1, -0.05) is 11.8 Å². The molecule has 2 aromatic heterocycles. The van der Waals surface area contributed by atoms with Gasteiger partial charge in [-0.05, 0) is 20.1 Å². The predicted molar refractivity (Wildman–Crippen MR) is 59.2 cm³/mol. The Morgan fingerprint density at radius 2 is 2.20 bits per heavy atom. The topological polar surface area (TPSA) is 63.7 Å². The molecule has 80 valence electrons. The summed E-state index contributed by atoms with van der Waals surface area (Å²) < 4.78 is 5.60. The first kappa shape index (κ1) is 10.2. The monoisotopic (exact) mass is 224 g/mol. The van der Waals surface area contributed by atoms with Gasteiger partial charge in [-0.25, -0.2) is 4.98 Å². The van der Waals surface area contributed by atoms with E-state index in [-0.39, 0.29) is 6.10 Å². The van der Waals surface area contributed by atoms with Crippen LogP contribution in [0.5, 0.6) is 5.88 Å². The molecule has 0 radical (unpaired) electrons. The molecule has 0 aliphatic rings. The lowest BCUT2D eigenvalue weighted by molar-refractivity contribution is 0.234. The summed E-state index contributed by atoms with van der Waals surface area (Å²) in [7, 11) is 0. The third-order valence-corrected chi connectivity index (χ3v) is 2.33. The van der Waals surface area contributed by atoms with Crippen LogP contribution in [-0.2, 0) is 0 Å².